The van der Waals surface area contributed by atoms with E-state index in [4.69, 9.17) is 16.3 Å². The maximum absolute atomic E-state index is 12.9. The van der Waals surface area contributed by atoms with Crippen LogP contribution in [0.4, 0.5) is 24.5 Å². The molecule has 0 aliphatic rings. The molecule has 0 fully saturated rings. The number of sulfone groups is 1. The molecule has 0 bridgehead atoms. The number of hydrogen-bond acceptors (Lipinski definition) is 5. The number of ether oxygens (including phenoxy) is 1. The molecule has 28 heavy (non-hydrogen) atoms. The number of methoxy groups -OCH3 is 1. The first-order chi connectivity index (χ1) is 13.1. The molecule has 0 atom stereocenters. The van der Waals surface area contributed by atoms with Gasteiger partial charge in [-0.05, 0) is 42.5 Å². The van der Waals surface area contributed by atoms with E-state index in [1.54, 1.807) is 24.3 Å². The van der Waals surface area contributed by atoms with Crippen LogP contribution in [0.15, 0.2) is 47.4 Å². The average Bonchev–Trinajstić information content (AvgIpc) is 2.66. The van der Waals surface area contributed by atoms with Crippen molar-refractivity contribution in [3.63, 3.8) is 0 Å². The Morgan fingerprint density at radius 2 is 1.79 bits per heavy atom. The number of benzene rings is 2. The first kappa shape index (κ1) is 21.8. The van der Waals surface area contributed by atoms with Crippen LogP contribution in [0.25, 0.3) is 0 Å². The first-order valence-electron chi connectivity index (χ1n) is 7.74. The lowest BCUT2D eigenvalue weighted by Crippen LogP contribution is -2.23. The molecule has 0 aliphatic carbocycles. The highest BCUT2D eigenvalue weighted by molar-refractivity contribution is 7.92. The molecule has 0 unspecified atom stereocenters. The number of alkyl halides is 4. The predicted octanol–water partition coefficient (Wildman–Crippen LogP) is 3.73. The highest BCUT2D eigenvalue weighted by Gasteiger charge is 2.32. The van der Waals surface area contributed by atoms with E-state index < -0.39 is 44.1 Å². The summed E-state index contributed by atoms with van der Waals surface area (Å²) in [5.41, 5.74) is -0.982. The molecule has 2 rings (SSSR count). The molecular formula is C17H16ClF3N2O4S. The van der Waals surface area contributed by atoms with Gasteiger partial charge in [-0.25, -0.2) is 8.42 Å². The van der Waals surface area contributed by atoms with Gasteiger partial charge in [-0.15, -0.1) is 11.6 Å². The quantitative estimate of drug-likeness (QED) is 0.646. The lowest BCUT2D eigenvalue weighted by Gasteiger charge is -2.15. The van der Waals surface area contributed by atoms with Crippen LogP contribution in [0, 0.1) is 0 Å². The van der Waals surface area contributed by atoms with Gasteiger partial charge in [-0.2, -0.15) is 13.2 Å². The molecule has 1 amide bonds. The van der Waals surface area contributed by atoms with Gasteiger partial charge < -0.3 is 15.4 Å². The molecule has 2 aromatic rings. The van der Waals surface area contributed by atoms with Crippen LogP contribution in [0.3, 0.4) is 0 Å². The summed E-state index contributed by atoms with van der Waals surface area (Å²) in [7, 11) is -2.53. The van der Waals surface area contributed by atoms with E-state index in [0.29, 0.717) is 23.6 Å². The molecule has 11 heteroatoms. The van der Waals surface area contributed by atoms with E-state index >= 15 is 0 Å². The second kappa shape index (κ2) is 8.70. The Morgan fingerprint density at radius 1 is 1.14 bits per heavy atom. The number of carbonyl (C=O) groups excluding carboxylic acids is 1. The Bertz CT molecular complexity index is 948. The zero-order valence-electron chi connectivity index (χ0n) is 14.5. The number of halogens is 4. The average molecular weight is 437 g/mol. The minimum Gasteiger partial charge on any atom is -0.497 e. The van der Waals surface area contributed by atoms with Crippen molar-refractivity contribution in [3.05, 3.63) is 48.0 Å². The zero-order valence-corrected chi connectivity index (χ0v) is 16.1. The minimum absolute atomic E-state index is 0.361. The predicted molar refractivity (Wildman–Crippen MR) is 99.5 cm³/mol. The number of amides is 1. The minimum atomic E-state index is -4.68. The van der Waals surface area contributed by atoms with Crippen molar-refractivity contribution in [1.82, 2.24) is 0 Å². The van der Waals surface area contributed by atoms with E-state index in [2.05, 4.69) is 10.6 Å². The van der Waals surface area contributed by atoms with Crippen LogP contribution >= 0.6 is 11.6 Å². The molecule has 2 N–H and O–H groups in total. The second-order valence-corrected chi connectivity index (χ2v) is 8.10. The molecule has 0 saturated heterocycles. The summed E-state index contributed by atoms with van der Waals surface area (Å²) in [6.07, 6.45) is -4.68. The van der Waals surface area contributed by atoms with Gasteiger partial charge in [-0.1, -0.05) is 0 Å². The van der Waals surface area contributed by atoms with E-state index in [-0.39, 0.29) is 5.69 Å². The molecule has 0 aliphatic heterocycles. The smallest absolute Gasteiger partial charge is 0.416 e. The lowest BCUT2D eigenvalue weighted by molar-refractivity contribution is -0.137. The summed E-state index contributed by atoms with van der Waals surface area (Å²) in [5, 5.41) is 4.15. The summed E-state index contributed by atoms with van der Waals surface area (Å²) in [4.78, 5) is 11.6. The van der Waals surface area contributed by atoms with Crippen LogP contribution in [-0.4, -0.2) is 33.2 Å². The van der Waals surface area contributed by atoms with E-state index in [1.165, 1.54) is 7.11 Å². The number of anilines is 2. The number of carbonyl (C=O) groups is 1. The summed E-state index contributed by atoms with van der Waals surface area (Å²) < 4.78 is 67.8. The number of rotatable bonds is 7. The van der Waals surface area contributed by atoms with Gasteiger partial charge in [0.05, 0.1) is 29.8 Å². The van der Waals surface area contributed by atoms with Crippen LogP contribution in [-0.2, 0) is 20.8 Å². The number of hydrogen-bond donors (Lipinski definition) is 2. The lowest BCUT2D eigenvalue weighted by atomic mass is 10.2. The van der Waals surface area contributed by atoms with Crippen LogP contribution < -0.4 is 15.4 Å². The Balaban J connectivity index is 2.19. The van der Waals surface area contributed by atoms with Gasteiger partial charge in [0.25, 0.3) is 0 Å². The van der Waals surface area contributed by atoms with Gasteiger partial charge in [0.2, 0.25) is 5.91 Å². The van der Waals surface area contributed by atoms with Crippen molar-refractivity contribution in [3.8, 4) is 5.75 Å². The standard InChI is InChI=1S/C17H16ClF3N2O4S/c1-27-13-5-3-12(4-6-13)23-16(24)9-22-14-8-11(17(19,20)21)2-7-15(14)28(25,26)10-18/h2-8,22H,9-10H2,1H3,(H,23,24). The van der Waals surface area contributed by atoms with Crippen molar-refractivity contribution in [2.75, 3.05) is 29.5 Å². The van der Waals surface area contributed by atoms with Gasteiger partial charge in [0.15, 0.2) is 9.84 Å². The van der Waals surface area contributed by atoms with Crippen molar-refractivity contribution in [2.24, 2.45) is 0 Å². The monoisotopic (exact) mass is 436 g/mol. The summed E-state index contributed by atoms with van der Waals surface area (Å²) >= 11 is 5.40. The fraction of sp³-hybridized carbons (Fsp3) is 0.235. The van der Waals surface area contributed by atoms with E-state index in [9.17, 15) is 26.4 Å². The molecule has 2 aromatic carbocycles. The largest absolute Gasteiger partial charge is 0.497 e. The van der Waals surface area contributed by atoms with Crippen LogP contribution in [0.1, 0.15) is 5.56 Å². The third-order valence-corrected chi connectivity index (χ3v) is 5.77. The highest BCUT2D eigenvalue weighted by atomic mass is 35.5. The zero-order chi connectivity index (χ0) is 20.9. The first-order valence-corrected chi connectivity index (χ1v) is 9.93. The maximum atomic E-state index is 12.9. The second-order valence-electron chi connectivity index (χ2n) is 5.56. The van der Waals surface area contributed by atoms with Gasteiger partial charge in [0, 0.05) is 5.69 Å². The normalized spacial score (nSPS) is 11.8. The Labute approximate surface area is 164 Å². The molecule has 0 heterocycles. The molecule has 0 saturated carbocycles. The fourth-order valence-corrected chi connectivity index (χ4v) is 3.44. The summed E-state index contributed by atoms with van der Waals surface area (Å²) in [6, 6.07) is 8.45. The molecule has 152 valence electrons. The van der Waals surface area contributed by atoms with Crippen LogP contribution in [0.5, 0.6) is 5.75 Å². The van der Waals surface area contributed by atoms with Gasteiger partial charge in [-0.3, -0.25) is 4.79 Å². The van der Waals surface area contributed by atoms with Crippen molar-refractivity contribution >= 4 is 38.7 Å². The fourth-order valence-electron chi connectivity index (χ4n) is 2.23. The third-order valence-electron chi connectivity index (χ3n) is 3.60. The van der Waals surface area contributed by atoms with Crippen molar-refractivity contribution in [2.45, 2.75) is 11.1 Å². The molecule has 0 spiro atoms. The molecule has 6 nitrogen and oxygen atoms in total. The third kappa shape index (κ3) is 5.52. The Kier molecular flexibility index (Phi) is 6.78. The summed E-state index contributed by atoms with van der Waals surface area (Å²) in [5.74, 6) is -0.00666. The van der Waals surface area contributed by atoms with Gasteiger partial charge >= 0.3 is 6.18 Å². The van der Waals surface area contributed by atoms with E-state index in [1.807, 2.05) is 0 Å². The SMILES string of the molecule is COc1ccc(NC(=O)CNc2cc(C(F)(F)F)ccc2S(=O)(=O)CCl)cc1. The van der Waals surface area contributed by atoms with Crippen LogP contribution in [0.2, 0.25) is 0 Å². The maximum Gasteiger partial charge on any atom is 0.416 e. The molecule has 0 aromatic heterocycles. The van der Waals surface area contributed by atoms with E-state index in [0.717, 1.165) is 6.07 Å². The highest BCUT2D eigenvalue weighted by Crippen LogP contribution is 2.34. The van der Waals surface area contributed by atoms with Gasteiger partial charge in [0.1, 0.15) is 11.0 Å². The number of nitrogens with one attached hydrogen (secondary N) is 2. The topological polar surface area (TPSA) is 84.5 Å². The summed E-state index contributed by atoms with van der Waals surface area (Å²) in [6.45, 7) is -0.460. The van der Waals surface area contributed by atoms with Crippen molar-refractivity contribution < 1.29 is 31.1 Å². The van der Waals surface area contributed by atoms with Crippen molar-refractivity contribution in [1.29, 1.82) is 0 Å². The Hall–Kier alpha value is -2.46. The Morgan fingerprint density at radius 3 is 2.32 bits per heavy atom. The molecular weight excluding hydrogens is 421 g/mol. The molecule has 0 radical (unpaired) electrons.